The Kier molecular flexibility index (Phi) is 4.35. The number of amides is 1. The minimum atomic E-state index is -0.122. The van der Waals surface area contributed by atoms with Gasteiger partial charge in [-0.2, -0.15) is 0 Å². The Balaban J connectivity index is 1.92. The first-order chi connectivity index (χ1) is 8.12. The SMILES string of the molecule is CC1(C(=O)NC2CCCCCC2Cl)CCCC1. The van der Waals surface area contributed by atoms with Crippen molar-refractivity contribution in [3.8, 4) is 0 Å². The summed E-state index contributed by atoms with van der Waals surface area (Å²) in [5.41, 5.74) is -0.122. The molecule has 0 aromatic rings. The van der Waals surface area contributed by atoms with E-state index in [1.54, 1.807) is 0 Å². The lowest BCUT2D eigenvalue weighted by Gasteiger charge is -2.28. The number of nitrogens with one attached hydrogen (secondary N) is 1. The number of carbonyl (C=O) groups excluding carboxylic acids is 1. The summed E-state index contributed by atoms with van der Waals surface area (Å²) in [5, 5.41) is 3.35. The highest BCUT2D eigenvalue weighted by molar-refractivity contribution is 6.21. The van der Waals surface area contributed by atoms with Crippen molar-refractivity contribution in [1.82, 2.24) is 5.32 Å². The summed E-state index contributed by atoms with van der Waals surface area (Å²) >= 11 is 6.37. The highest BCUT2D eigenvalue weighted by atomic mass is 35.5. The fraction of sp³-hybridized carbons (Fsp3) is 0.929. The maximum Gasteiger partial charge on any atom is 0.226 e. The van der Waals surface area contributed by atoms with Crippen molar-refractivity contribution in [1.29, 1.82) is 0 Å². The van der Waals surface area contributed by atoms with Crippen LogP contribution in [0.15, 0.2) is 0 Å². The largest absolute Gasteiger partial charge is 0.351 e. The Morgan fingerprint density at radius 3 is 2.47 bits per heavy atom. The van der Waals surface area contributed by atoms with Crippen LogP contribution in [0.25, 0.3) is 0 Å². The highest BCUT2D eigenvalue weighted by Crippen LogP contribution is 2.38. The second-order valence-corrected chi connectivity index (χ2v) is 6.56. The van der Waals surface area contributed by atoms with Gasteiger partial charge in [0.2, 0.25) is 5.91 Å². The molecule has 2 nitrogen and oxygen atoms in total. The van der Waals surface area contributed by atoms with Crippen LogP contribution in [0.5, 0.6) is 0 Å². The zero-order valence-electron chi connectivity index (χ0n) is 10.8. The van der Waals surface area contributed by atoms with E-state index in [0.29, 0.717) is 0 Å². The smallest absolute Gasteiger partial charge is 0.226 e. The monoisotopic (exact) mass is 257 g/mol. The van der Waals surface area contributed by atoms with Gasteiger partial charge in [0.1, 0.15) is 0 Å². The first kappa shape index (κ1) is 13.2. The van der Waals surface area contributed by atoms with Crippen molar-refractivity contribution in [2.75, 3.05) is 0 Å². The molecule has 3 heteroatoms. The molecule has 0 radical (unpaired) electrons. The minimum Gasteiger partial charge on any atom is -0.351 e. The van der Waals surface area contributed by atoms with Gasteiger partial charge in [-0.25, -0.2) is 0 Å². The van der Waals surface area contributed by atoms with Crippen LogP contribution in [-0.4, -0.2) is 17.3 Å². The lowest BCUT2D eigenvalue weighted by atomic mass is 9.87. The Morgan fingerprint density at radius 1 is 1.12 bits per heavy atom. The number of carbonyl (C=O) groups is 1. The van der Waals surface area contributed by atoms with Crippen molar-refractivity contribution in [3.63, 3.8) is 0 Å². The first-order valence-electron chi connectivity index (χ1n) is 7.07. The predicted octanol–water partition coefficient (Wildman–Crippen LogP) is 3.62. The van der Waals surface area contributed by atoms with Crippen molar-refractivity contribution < 1.29 is 4.79 Å². The maximum absolute atomic E-state index is 12.3. The Hall–Kier alpha value is -0.240. The standard InChI is InChI=1S/C14H24ClNO/c1-14(9-5-6-10-14)13(17)16-12-8-4-2-3-7-11(12)15/h11-12H,2-10H2,1H3,(H,16,17). The van der Waals surface area contributed by atoms with E-state index in [4.69, 9.17) is 11.6 Å². The van der Waals surface area contributed by atoms with E-state index < -0.39 is 0 Å². The fourth-order valence-electron chi connectivity index (χ4n) is 3.15. The van der Waals surface area contributed by atoms with Crippen LogP contribution in [0, 0.1) is 5.41 Å². The summed E-state index contributed by atoms with van der Waals surface area (Å²) in [4.78, 5) is 12.3. The summed E-state index contributed by atoms with van der Waals surface area (Å²) < 4.78 is 0. The molecule has 0 aromatic heterocycles. The second kappa shape index (κ2) is 5.60. The molecule has 1 N–H and O–H groups in total. The summed E-state index contributed by atoms with van der Waals surface area (Å²) in [7, 11) is 0. The van der Waals surface area contributed by atoms with Gasteiger partial charge >= 0.3 is 0 Å². The normalized spacial score (nSPS) is 33.1. The number of alkyl halides is 1. The van der Waals surface area contributed by atoms with Crippen LogP contribution in [-0.2, 0) is 4.79 Å². The molecule has 2 aliphatic carbocycles. The zero-order chi connectivity index (χ0) is 12.3. The number of hydrogen-bond donors (Lipinski definition) is 1. The van der Waals surface area contributed by atoms with E-state index in [1.165, 1.54) is 32.1 Å². The molecule has 2 aliphatic rings. The molecule has 2 saturated carbocycles. The van der Waals surface area contributed by atoms with E-state index >= 15 is 0 Å². The van der Waals surface area contributed by atoms with Gasteiger partial charge in [-0.05, 0) is 25.7 Å². The fourth-order valence-corrected chi connectivity index (χ4v) is 3.49. The van der Waals surface area contributed by atoms with Crippen LogP contribution >= 0.6 is 11.6 Å². The molecule has 0 bridgehead atoms. The van der Waals surface area contributed by atoms with Crippen molar-refractivity contribution in [2.45, 2.75) is 76.1 Å². The molecule has 1 amide bonds. The average molecular weight is 258 g/mol. The predicted molar refractivity (Wildman–Crippen MR) is 71.2 cm³/mol. The molecule has 0 saturated heterocycles. The molecule has 0 heterocycles. The third-order valence-electron chi connectivity index (χ3n) is 4.50. The molecule has 0 aromatic carbocycles. The summed E-state index contributed by atoms with van der Waals surface area (Å²) in [6.07, 6.45) is 10.2. The molecule has 17 heavy (non-hydrogen) atoms. The summed E-state index contributed by atoms with van der Waals surface area (Å²) in [6.45, 7) is 2.11. The lowest BCUT2D eigenvalue weighted by molar-refractivity contribution is -0.130. The molecule has 98 valence electrons. The number of rotatable bonds is 2. The Labute approximate surface area is 109 Å². The quantitative estimate of drug-likeness (QED) is 0.594. The molecule has 2 fully saturated rings. The first-order valence-corrected chi connectivity index (χ1v) is 7.50. The van der Waals surface area contributed by atoms with E-state index in [2.05, 4.69) is 12.2 Å². The summed E-state index contributed by atoms with van der Waals surface area (Å²) in [5.74, 6) is 0.243. The summed E-state index contributed by atoms with van der Waals surface area (Å²) in [6, 6.07) is 0.198. The van der Waals surface area contributed by atoms with E-state index in [9.17, 15) is 4.79 Å². The molecular formula is C14H24ClNO. The topological polar surface area (TPSA) is 29.1 Å². The van der Waals surface area contributed by atoms with Gasteiger partial charge in [0.05, 0.1) is 5.38 Å². The van der Waals surface area contributed by atoms with Gasteiger partial charge in [-0.3, -0.25) is 4.79 Å². The Morgan fingerprint density at radius 2 is 1.76 bits per heavy atom. The molecular weight excluding hydrogens is 234 g/mol. The van der Waals surface area contributed by atoms with Gasteiger partial charge in [-0.15, -0.1) is 11.6 Å². The molecule has 2 unspecified atom stereocenters. The van der Waals surface area contributed by atoms with Gasteiger partial charge in [0.15, 0.2) is 0 Å². The maximum atomic E-state index is 12.3. The third-order valence-corrected chi connectivity index (χ3v) is 5.03. The van der Waals surface area contributed by atoms with Gasteiger partial charge in [0, 0.05) is 11.5 Å². The Bertz CT molecular complexity index is 273. The van der Waals surface area contributed by atoms with Crippen LogP contribution < -0.4 is 5.32 Å². The van der Waals surface area contributed by atoms with Crippen LogP contribution in [0.1, 0.15) is 64.7 Å². The van der Waals surface area contributed by atoms with Gasteiger partial charge in [-0.1, -0.05) is 39.0 Å². The van der Waals surface area contributed by atoms with Gasteiger partial charge < -0.3 is 5.32 Å². The minimum absolute atomic E-state index is 0.122. The third kappa shape index (κ3) is 3.15. The van der Waals surface area contributed by atoms with Crippen LogP contribution in [0.4, 0.5) is 0 Å². The van der Waals surface area contributed by atoms with Crippen molar-refractivity contribution in [2.24, 2.45) is 5.41 Å². The lowest BCUT2D eigenvalue weighted by Crippen LogP contribution is -2.46. The van der Waals surface area contributed by atoms with Crippen molar-refractivity contribution in [3.05, 3.63) is 0 Å². The van der Waals surface area contributed by atoms with Crippen LogP contribution in [0.2, 0.25) is 0 Å². The molecule has 0 spiro atoms. The van der Waals surface area contributed by atoms with Crippen LogP contribution in [0.3, 0.4) is 0 Å². The second-order valence-electron chi connectivity index (χ2n) is 6.00. The molecule has 2 rings (SSSR count). The zero-order valence-corrected chi connectivity index (χ0v) is 11.6. The van der Waals surface area contributed by atoms with E-state index in [-0.39, 0.29) is 22.7 Å². The molecule has 0 aliphatic heterocycles. The highest BCUT2D eigenvalue weighted by Gasteiger charge is 2.37. The molecule has 2 atom stereocenters. The number of hydrogen-bond acceptors (Lipinski definition) is 1. The van der Waals surface area contributed by atoms with E-state index in [1.807, 2.05) is 0 Å². The van der Waals surface area contributed by atoms with E-state index in [0.717, 1.165) is 25.7 Å². The van der Waals surface area contributed by atoms with Crippen molar-refractivity contribution >= 4 is 17.5 Å². The number of halogens is 1. The average Bonchev–Trinajstić information content (AvgIpc) is 2.65. The van der Waals surface area contributed by atoms with Gasteiger partial charge in [0.25, 0.3) is 0 Å².